The van der Waals surface area contributed by atoms with Gasteiger partial charge in [0.25, 0.3) is 5.72 Å². The second-order valence-corrected chi connectivity index (χ2v) is 6.47. The highest BCUT2D eigenvalue weighted by molar-refractivity contribution is 5.69. The number of nitrogens with one attached hydrogen (secondary N) is 1. The minimum absolute atomic E-state index is 0.170. The third-order valence-corrected chi connectivity index (χ3v) is 4.52. The average molecular weight is 396 g/mol. The lowest BCUT2D eigenvalue weighted by Gasteiger charge is -2.26. The van der Waals surface area contributed by atoms with Crippen LogP contribution in [-0.2, 0) is 20.0 Å². The van der Waals surface area contributed by atoms with Crippen molar-refractivity contribution >= 4 is 11.8 Å². The molecule has 1 aromatic heterocycles. The number of aliphatic hydroxyl groups is 2. The zero-order valence-corrected chi connectivity index (χ0v) is 15.4. The second-order valence-electron chi connectivity index (χ2n) is 6.47. The molecule has 11 nitrogen and oxygen atoms in total. The number of hydrogen-bond acceptors (Lipinski definition) is 10. The highest BCUT2D eigenvalue weighted by atomic mass is 16.6. The van der Waals surface area contributed by atoms with Gasteiger partial charge < -0.3 is 19.7 Å². The molecule has 0 spiro atoms. The number of rotatable bonds is 9. The van der Waals surface area contributed by atoms with Gasteiger partial charge in [-0.15, -0.1) is 0 Å². The van der Waals surface area contributed by atoms with Crippen molar-refractivity contribution in [1.82, 2.24) is 9.55 Å². The number of carbonyl (C=O) groups excluding carboxylic acids is 1. The van der Waals surface area contributed by atoms with Gasteiger partial charge in [-0.05, 0) is 12.5 Å². The van der Waals surface area contributed by atoms with Crippen LogP contribution in [0, 0.1) is 11.3 Å². The molecule has 4 atom stereocenters. The fraction of sp³-hybridized carbons (Fsp3) is 0.647. The molecule has 1 aliphatic heterocycles. The van der Waals surface area contributed by atoms with Crippen LogP contribution in [0.1, 0.15) is 39.0 Å². The first kappa shape index (κ1) is 21.8. The number of anilines is 1. The van der Waals surface area contributed by atoms with Crippen LogP contribution in [0.15, 0.2) is 17.1 Å². The first-order valence-electron chi connectivity index (χ1n) is 9.00. The van der Waals surface area contributed by atoms with Gasteiger partial charge in [0, 0.05) is 12.6 Å². The molecular formula is C17H24N4O7. The van der Waals surface area contributed by atoms with Gasteiger partial charge in [0.1, 0.15) is 31.0 Å². The fourth-order valence-corrected chi connectivity index (χ4v) is 2.94. The van der Waals surface area contributed by atoms with E-state index in [0.717, 1.165) is 25.5 Å². The van der Waals surface area contributed by atoms with E-state index in [4.69, 9.17) is 14.7 Å². The number of esters is 1. The number of unbranched alkanes of at least 4 members (excludes halogenated alkanes) is 3. The van der Waals surface area contributed by atoms with E-state index in [1.165, 1.54) is 6.07 Å². The summed E-state index contributed by atoms with van der Waals surface area (Å²) in [5.41, 5.74) is -1.57. The minimum atomic E-state index is -2.25. The van der Waals surface area contributed by atoms with E-state index in [0.29, 0.717) is 11.0 Å². The van der Waals surface area contributed by atoms with Crippen LogP contribution in [0.5, 0.6) is 0 Å². The Morgan fingerprint density at radius 2 is 2.21 bits per heavy atom. The molecule has 154 valence electrons. The number of ether oxygens (including phenoxy) is 2. The molecular weight excluding hydrogens is 372 g/mol. The lowest BCUT2D eigenvalue weighted by Crippen LogP contribution is -2.49. The Hall–Kier alpha value is -2.52. The maximum absolute atomic E-state index is 12.1. The molecule has 0 saturated carbocycles. The minimum Gasteiger partial charge on any atom is -0.463 e. The summed E-state index contributed by atoms with van der Waals surface area (Å²) in [5, 5.41) is 38.9. The number of nitriles is 1. The van der Waals surface area contributed by atoms with Crippen molar-refractivity contribution in [1.29, 1.82) is 5.26 Å². The molecule has 1 fully saturated rings. The molecule has 0 amide bonds. The van der Waals surface area contributed by atoms with Crippen molar-refractivity contribution in [3.05, 3.63) is 22.7 Å². The number of carbonyl (C=O) groups is 1. The highest BCUT2D eigenvalue weighted by Crippen LogP contribution is 2.34. The largest absolute Gasteiger partial charge is 0.463 e. The number of aliphatic hydroxyl groups excluding tert-OH is 2. The zero-order valence-electron chi connectivity index (χ0n) is 15.4. The summed E-state index contributed by atoms with van der Waals surface area (Å²) in [7, 11) is 0. The van der Waals surface area contributed by atoms with Gasteiger partial charge in [-0.2, -0.15) is 10.2 Å². The molecule has 0 bridgehead atoms. The standard InChI is InChI=1S/C17H24N4O7/c1-2-3-4-5-6-13(22)27-9-11-14(23)15(24)17(10-18,28-11)21-8-7-12(20-26)19-16(21)25/h7-8,11,14-15,23-24,26H,2-6,9H2,1H3,(H,19,20,25)/t11-,14-,15-,17-/m1/s1. The second kappa shape index (κ2) is 9.61. The summed E-state index contributed by atoms with van der Waals surface area (Å²) in [6.07, 6.45) is 0.349. The van der Waals surface area contributed by atoms with Crippen molar-refractivity contribution in [2.45, 2.75) is 63.1 Å². The molecule has 0 aromatic carbocycles. The lowest BCUT2D eigenvalue weighted by molar-refractivity contribution is -0.153. The molecule has 28 heavy (non-hydrogen) atoms. The average Bonchev–Trinajstić information content (AvgIpc) is 2.95. The molecule has 11 heteroatoms. The van der Waals surface area contributed by atoms with Crippen LogP contribution in [-0.4, -0.2) is 55.9 Å². The third-order valence-electron chi connectivity index (χ3n) is 4.52. The predicted octanol–water partition coefficient (Wildman–Crippen LogP) is -0.145. The molecule has 2 rings (SSSR count). The van der Waals surface area contributed by atoms with Crippen molar-refractivity contribution in [3.8, 4) is 6.07 Å². The van der Waals surface area contributed by atoms with E-state index >= 15 is 0 Å². The number of nitrogens with zero attached hydrogens (tertiary/aromatic N) is 3. The van der Waals surface area contributed by atoms with Gasteiger partial charge >= 0.3 is 11.7 Å². The highest BCUT2D eigenvalue weighted by Gasteiger charge is 2.57. The molecule has 0 unspecified atom stereocenters. The summed E-state index contributed by atoms with van der Waals surface area (Å²) in [5.74, 6) is -0.649. The predicted molar refractivity (Wildman–Crippen MR) is 94.1 cm³/mol. The first-order chi connectivity index (χ1) is 13.4. The summed E-state index contributed by atoms with van der Waals surface area (Å²) < 4.78 is 11.2. The first-order valence-corrected chi connectivity index (χ1v) is 9.00. The fourth-order valence-electron chi connectivity index (χ4n) is 2.94. The van der Waals surface area contributed by atoms with Crippen molar-refractivity contribution in [2.24, 2.45) is 0 Å². The topological polar surface area (TPSA) is 167 Å². The molecule has 2 heterocycles. The van der Waals surface area contributed by atoms with Gasteiger partial charge in [-0.25, -0.2) is 4.79 Å². The van der Waals surface area contributed by atoms with Gasteiger partial charge in [-0.3, -0.25) is 20.0 Å². The number of hydrogen-bond donors (Lipinski definition) is 4. The summed E-state index contributed by atoms with van der Waals surface area (Å²) in [6.45, 7) is 1.67. The monoisotopic (exact) mass is 396 g/mol. The lowest BCUT2D eigenvalue weighted by atomic mass is 10.0. The summed E-state index contributed by atoms with van der Waals surface area (Å²) >= 11 is 0. The van der Waals surface area contributed by atoms with Gasteiger partial charge in [0.2, 0.25) is 0 Å². The summed E-state index contributed by atoms with van der Waals surface area (Å²) in [6, 6.07) is 2.86. The number of aromatic nitrogens is 2. The Morgan fingerprint density at radius 3 is 2.82 bits per heavy atom. The van der Waals surface area contributed by atoms with E-state index in [1.807, 2.05) is 0 Å². The third kappa shape index (κ3) is 4.48. The van der Waals surface area contributed by atoms with Gasteiger partial charge in [-0.1, -0.05) is 26.2 Å². The Kier molecular flexibility index (Phi) is 7.47. The Bertz CT molecular complexity index is 778. The van der Waals surface area contributed by atoms with Crippen molar-refractivity contribution in [3.63, 3.8) is 0 Å². The van der Waals surface area contributed by atoms with Crippen LogP contribution in [0.4, 0.5) is 5.82 Å². The van der Waals surface area contributed by atoms with E-state index in [-0.39, 0.29) is 18.8 Å². The normalized spacial score (nSPS) is 26.6. The van der Waals surface area contributed by atoms with Crippen LogP contribution in [0.2, 0.25) is 0 Å². The maximum Gasteiger partial charge on any atom is 0.352 e. The smallest absolute Gasteiger partial charge is 0.352 e. The van der Waals surface area contributed by atoms with Crippen LogP contribution < -0.4 is 11.2 Å². The molecule has 1 saturated heterocycles. The Morgan fingerprint density at radius 1 is 1.46 bits per heavy atom. The molecule has 4 N–H and O–H groups in total. The SMILES string of the molecule is CCCCCCC(=O)OC[C@H]1O[C@@](C#N)(n2ccc(NO)nc2=O)[C@H](O)[C@@H]1O. The van der Waals surface area contributed by atoms with Crippen LogP contribution >= 0.6 is 0 Å². The molecule has 1 aliphatic rings. The van der Waals surface area contributed by atoms with Crippen LogP contribution in [0.3, 0.4) is 0 Å². The van der Waals surface area contributed by atoms with Crippen LogP contribution in [0.25, 0.3) is 0 Å². The van der Waals surface area contributed by atoms with E-state index in [9.17, 15) is 25.1 Å². The Labute approximate surface area is 161 Å². The molecule has 0 radical (unpaired) electrons. The van der Waals surface area contributed by atoms with E-state index < -0.39 is 35.7 Å². The molecule has 0 aliphatic carbocycles. The Balaban J connectivity index is 2.08. The van der Waals surface area contributed by atoms with Gasteiger partial charge in [0.05, 0.1) is 0 Å². The maximum atomic E-state index is 12.1. The van der Waals surface area contributed by atoms with E-state index in [2.05, 4.69) is 11.9 Å². The van der Waals surface area contributed by atoms with E-state index in [1.54, 1.807) is 11.5 Å². The summed E-state index contributed by atoms with van der Waals surface area (Å²) in [4.78, 5) is 27.4. The zero-order chi connectivity index (χ0) is 20.7. The molecule has 1 aromatic rings. The van der Waals surface area contributed by atoms with Crippen molar-refractivity contribution < 1.29 is 29.7 Å². The quantitative estimate of drug-likeness (QED) is 0.250. The van der Waals surface area contributed by atoms with Crippen molar-refractivity contribution in [2.75, 3.05) is 12.1 Å². The van der Waals surface area contributed by atoms with Gasteiger partial charge in [0.15, 0.2) is 5.82 Å².